The number of hydrogen-bond acceptors (Lipinski definition) is 2. The molecule has 1 saturated carbocycles. The van der Waals surface area contributed by atoms with Gasteiger partial charge in [0.25, 0.3) is 0 Å². The van der Waals surface area contributed by atoms with Gasteiger partial charge in [0.15, 0.2) is 0 Å². The third-order valence-corrected chi connectivity index (χ3v) is 3.90. The van der Waals surface area contributed by atoms with Crippen molar-refractivity contribution in [1.82, 2.24) is 15.1 Å². The molecular weight excluding hydrogens is 250 g/mol. The van der Waals surface area contributed by atoms with Crippen molar-refractivity contribution in [1.29, 1.82) is 0 Å². The van der Waals surface area contributed by atoms with Crippen LogP contribution in [-0.2, 0) is 17.9 Å². The Hall–Kier alpha value is -2.10. The molecule has 4 nitrogen and oxygen atoms in total. The number of aryl methyl sites for hydroxylation is 1. The summed E-state index contributed by atoms with van der Waals surface area (Å²) >= 11 is 0. The summed E-state index contributed by atoms with van der Waals surface area (Å²) in [6, 6.07) is 12.2. The van der Waals surface area contributed by atoms with E-state index in [-0.39, 0.29) is 11.8 Å². The number of hydrogen-bond donors (Lipinski definition) is 1. The lowest BCUT2D eigenvalue weighted by Crippen LogP contribution is -2.26. The van der Waals surface area contributed by atoms with E-state index in [1.807, 2.05) is 35.9 Å². The zero-order valence-electron chi connectivity index (χ0n) is 11.6. The van der Waals surface area contributed by atoms with Crippen LogP contribution in [0.5, 0.6) is 0 Å². The van der Waals surface area contributed by atoms with Crippen LogP contribution in [0.4, 0.5) is 0 Å². The first-order valence-electron chi connectivity index (χ1n) is 7.13. The molecule has 1 aromatic heterocycles. The Kier molecular flexibility index (Phi) is 3.54. The van der Waals surface area contributed by atoms with Crippen molar-refractivity contribution in [2.75, 3.05) is 0 Å². The smallest absolute Gasteiger partial charge is 0.224 e. The summed E-state index contributed by atoms with van der Waals surface area (Å²) in [5, 5.41) is 7.22. The van der Waals surface area contributed by atoms with Crippen molar-refractivity contribution in [3.63, 3.8) is 0 Å². The molecule has 104 valence electrons. The first kappa shape index (κ1) is 12.9. The van der Waals surface area contributed by atoms with Gasteiger partial charge in [-0.15, -0.1) is 0 Å². The molecule has 4 heteroatoms. The van der Waals surface area contributed by atoms with Gasteiger partial charge in [-0.05, 0) is 30.9 Å². The molecular formula is C16H19N3O. The third-order valence-electron chi connectivity index (χ3n) is 3.90. The lowest BCUT2D eigenvalue weighted by Gasteiger charge is -2.07. The molecule has 1 aliphatic rings. The quantitative estimate of drug-likeness (QED) is 0.905. The van der Waals surface area contributed by atoms with Gasteiger partial charge in [0.2, 0.25) is 5.91 Å². The topological polar surface area (TPSA) is 46.9 Å². The molecule has 1 aromatic carbocycles. The van der Waals surface area contributed by atoms with Gasteiger partial charge in [0.05, 0.1) is 12.2 Å². The van der Waals surface area contributed by atoms with Gasteiger partial charge in [-0.1, -0.05) is 30.3 Å². The number of carbonyl (C=O) groups excluding carboxylic acids is 1. The normalized spacial score (nSPS) is 20.6. The number of amides is 1. The Morgan fingerprint density at radius 1 is 1.35 bits per heavy atom. The Labute approximate surface area is 118 Å². The molecule has 0 spiro atoms. The summed E-state index contributed by atoms with van der Waals surface area (Å²) < 4.78 is 1.90. The summed E-state index contributed by atoms with van der Waals surface area (Å²) in [6.07, 6.45) is 2.73. The molecule has 1 fully saturated rings. The van der Waals surface area contributed by atoms with Crippen LogP contribution in [-0.4, -0.2) is 15.7 Å². The fraction of sp³-hybridized carbons (Fsp3) is 0.375. The molecule has 0 aliphatic heterocycles. The fourth-order valence-corrected chi connectivity index (χ4v) is 2.66. The van der Waals surface area contributed by atoms with Gasteiger partial charge in [0, 0.05) is 18.7 Å². The second kappa shape index (κ2) is 5.49. The first-order chi connectivity index (χ1) is 9.79. The van der Waals surface area contributed by atoms with E-state index in [4.69, 9.17) is 0 Å². The molecule has 1 amide bonds. The predicted molar refractivity (Wildman–Crippen MR) is 77.0 cm³/mol. The maximum absolute atomic E-state index is 12.1. The van der Waals surface area contributed by atoms with Crippen molar-refractivity contribution in [2.24, 2.45) is 5.92 Å². The van der Waals surface area contributed by atoms with Gasteiger partial charge in [0.1, 0.15) is 0 Å². The van der Waals surface area contributed by atoms with Crippen molar-refractivity contribution < 1.29 is 4.79 Å². The van der Waals surface area contributed by atoms with E-state index in [2.05, 4.69) is 22.5 Å². The third kappa shape index (κ3) is 2.59. The molecule has 1 N–H and O–H groups in total. The summed E-state index contributed by atoms with van der Waals surface area (Å²) in [7, 11) is 0. The lowest BCUT2D eigenvalue weighted by atomic mass is 10.1. The molecule has 0 unspecified atom stereocenters. The van der Waals surface area contributed by atoms with Crippen molar-refractivity contribution in [3.05, 3.63) is 53.9 Å². The number of benzene rings is 1. The lowest BCUT2D eigenvalue weighted by molar-refractivity contribution is -0.122. The Morgan fingerprint density at radius 2 is 2.15 bits per heavy atom. The first-order valence-corrected chi connectivity index (χ1v) is 7.13. The van der Waals surface area contributed by atoms with E-state index in [9.17, 15) is 4.79 Å². The fourth-order valence-electron chi connectivity index (χ4n) is 2.66. The SMILES string of the molecule is CCn1nccc1CNC(=O)[C@H]1C[C@H]1c1ccccc1. The van der Waals surface area contributed by atoms with E-state index < -0.39 is 0 Å². The van der Waals surface area contributed by atoms with Crippen LogP contribution < -0.4 is 5.32 Å². The molecule has 2 aromatic rings. The maximum Gasteiger partial charge on any atom is 0.224 e. The van der Waals surface area contributed by atoms with Crippen molar-refractivity contribution in [3.8, 4) is 0 Å². The minimum Gasteiger partial charge on any atom is -0.350 e. The average Bonchev–Trinajstić information content (AvgIpc) is 3.17. The number of aromatic nitrogens is 2. The van der Waals surface area contributed by atoms with Gasteiger partial charge < -0.3 is 5.32 Å². The summed E-state index contributed by atoms with van der Waals surface area (Å²) in [4.78, 5) is 12.1. The van der Waals surface area contributed by atoms with E-state index >= 15 is 0 Å². The van der Waals surface area contributed by atoms with Crippen molar-refractivity contribution in [2.45, 2.75) is 32.4 Å². The molecule has 0 saturated heterocycles. The minimum atomic E-state index is 0.135. The molecule has 1 aliphatic carbocycles. The molecule has 0 bridgehead atoms. The van der Waals surface area contributed by atoms with E-state index in [0.29, 0.717) is 12.5 Å². The zero-order valence-corrected chi connectivity index (χ0v) is 11.6. The van der Waals surface area contributed by atoms with Crippen LogP contribution in [0, 0.1) is 5.92 Å². The van der Waals surface area contributed by atoms with Crippen LogP contribution >= 0.6 is 0 Å². The molecule has 0 radical (unpaired) electrons. The maximum atomic E-state index is 12.1. The van der Waals surface area contributed by atoms with Gasteiger partial charge in [-0.25, -0.2) is 0 Å². The molecule has 1 heterocycles. The summed E-state index contributed by atoms with van der Waals surface area (Å²) in [5.41, 5.74) is 2.32. The highest BCUT2D eigenvalue weighted by molar-refractivity contribution is 5.82. The van der Waals surface area contributed by atoms with E-state index in [1.165, 1.54) is 5.56 Å². The summed E-state index contributed by atoms with van der Waals surface area (Å²) in [6.45, 7) is 3.43. The van der Waals surface area contributed by atoms with Gasteiger partial charge in [-0.3, -0.25) is 9.48 Å². The van der Waals surface area contributed by atoms with Crippen molar-refractivity contribution >= 4 is 5.91 Å². The Balaban J connectivity index is 1.54. The van der Waals surface area contributed by atoms with E-state index in [1.54, 1.807) is 6.20 Å². The zero-order chi connectivity index (χ0) is 13.9. The monoisotopic (exact) mass is 269 g/mol. The van der Waals surface area contributed by atoms with Gasteiger partial charge >= 0.3 is 0 Å². The van der Waals surface area contributed by atoms with E-state index in [0.717, 1.165) is 18.7 Å². The minimum absolute atomic E-state index is 0.135. The standard InChI is InChI=1S/C16H19N3O/c1-2-19-13(8-9-18-19)11-17-16(20)15-10-14(15)12-6-4-3-5-7-12/h3-9,14-15H,2,10-11H2,1H3,(H,17,20)/t14-,15-/m0/s1. The predicted octanol–water partition coefficient (Wildman–Crippen LogP) is 2.32. The van der Waals surface area contributed by atoms with Crippen LogP contribution in [0.15, 0.2) is 42.6 Å². The van der Waals surface area contributed by atoms with Crippen LogP contribution in [0.2, 0.25) is 0 Å². The molecule has 20 heavy (non-hydrogen) atoms. The second-order valence-electron chi connectivity index (χ2n) is 5.22. The van der Waals surface area contributed by atoms with Crippen LogP contribution in [0.25, 0.3) is 0 Å². The summed E-state index contributed by atoms with van der Waals surface area (Å²) in [5.74, 6) is 0.686. The number of nitrogens with zero attached hydrogens (tertiary/aromatic N) is 2. The second-order valence-corrected chi connectivity index (χ2v) is 5.22. The Bertz CT molecular complexity index is 591. The molecule has 2 atom stereocenters. The largest absolute Gasteiger partial charge is 0.350 e. The number of rotatable bonds is 5. The number of nitrogens with one attached hydrogen (secondary N) is 1. The highest BCUT2D eigenvalue weighted by atomic mass is 16.2. The van der Waals surface area contributed by atoms with Crippen LogP contribution in [0.3, 0.4) is 0 Å². The average molecular weight is 269 g/mol. The van der Waals surface area contributed by atoms with Gasteiger partial charge in [-0.2, -0.15) is 5.10 Å². The highest BCUT2D eigenvalue weighted by Gasteiger charge is 2.43. The number of carbonyl (C=O) groups is 1. The molecule has 3 rings (SSSR count). The van der Waals surface area contributed by atoms with Crippen LogP contribution in [0.1, 0.15) is 30.5 Å². The highest BCUT2D eigenvalue weighted by Crippen LogP contribution is 2.47. The Morgan fingerprint density at radius 3 is 2.90 bits per heavy atom.